The number of hydrogen-bond donors (Lipinski definition) is 2. The van der Waals surface area contributed by atoms with Gasteiger partial charge in [-0.2, -0.15) is 0 Å². The maximum atomic E-state index is 8.65. The number of rotatable bonds is 0. The van der Waals surface area contributed by atoms with Crippen molar-refractivity contribution in [2.75, 3.05) is 13.1 Å². The van der Waals surface area contributed by atoms with E-state index in [0.717, 1.165) is 13.1 Å². The Hall–Kier alpha value is 0.128. The molecule has 0 aromatic heterocycles. The van der Waals surface area contributed by atoms with Crippen LogP contribution in [0.5, 0.6) is 0 Å². The standard InChI is InChI=1S/2C2H7N.4O.W/c2*1-2-3;;;;;/h2*2-3H2,1H3;;;;;/q;;;;2*-1;/p+2. The summed E-state index contributed by atoms with van der Waals surface area (Å²) in [7, 11) is 0. The van der Waals surface area contributed by atoms with Crippen molar-refractivity contribution in [3.8, 4) is 0 Å². The third kappa shape index (κ3) is 40600. The summed E-state index contributed by atoms with van der Waals surface area (Å²) >= 11 is -6.17. The van der Waals surface area contributed by atoms with Gasteiger partial charge in [-0.15, -0.1) is 0 Å². The molecule has 0 spiro atoms. The van der Waals surface area contributed by atoms with Gasteiger partial charge in [-0.05, 0) is 13.8 Å². The van der Waals surface area contributed by atoms with Gasteiger partial charge in [0.05, 0.1) is 13.1 Å². The van der Waals surface area contributed by atoms with E-state index in [1.807, 2.05) is 13.8 Å². The molecule has 0 aromatic rings. The zero-order valence-electron chi connectivity index (χ0n) is 6.87. The van der Waals surface area contributed by atoms with Crippen LogP contribution in [0, 0.1) is 0 Å². The van der Waals surface area contributed by atoms with Crippen molar-refractivity contribution in [2.45, 2.75) is 13.8 Å². The monoisotopic (exact) mass is 340 g/mol. The first-order chi connectivity index (χ1) is 4.83. The van der Waals surface area contributed by atoms with E-state index < -0.39 is 16.7 Å². The summed E-state index contributed by atoms with van der Waals surface area (Å²) in [5, 5.41) is 0. The maximum absolute atomic E-state index is 8.65. The van der Waals surface area contributed by atoms with Crippen molar-refractivity contribution >= 4 is 0 Å². The summed E-state index contributed by atoms with van der Waals surface area (Å²) in [6, 6.07) is 0. The van der Waals surface area contributed by atoms with E-state index in [4.69, 9.17) is 14.3 Å². The van der Waals surface area contributed by atoms with Crippen LogP contribution in [-0.2, 0) is 23.5 Å². The summed E-state index contributed by atoms with van der Waals surface area (Å²) < 4.78 is 34.6. The molecule has 72 valence electrons. The van der Waals surface area contributed by atoms with Crippen molar-refractivity contribution in [3.63, 3.8) is 0 Å². The average Bonchev–Trinajstić information content (AvgIpc) is 1.62. The van der Waals surface area contributed by atoms with E-state index in [2.05, 4.69) is 11.5 Å². The second kappa shape index (κ2) is 12.8. The Morgan fingerprint density at radius 1 is 1.09 bits per heavy atom. The minimum atomic E-state index is -6.17. The predicted octanol–water partition coefficient (Wildman–Crippen LogP) is -4.12. The zero-order valence-corrected chi connectivity index (χ0v) is 9.80. The van der Waals surface area contributed by atoms with Crippen molar-refractivity contribution < 1.29 is 42.5 Å². The van der Waals surface area contributed by atoms with Crippen molar-refractivity contribution in [1.82, 2.24) is 0 Å². The number of quaternary nitrogens is 2. The molecule has 6 nitrogen and oxygen atoms in total. The van der Waals surface area contributed by atoms with Crippen molar-refractivity contribution in [1.29, 1.82) is 0 Å². The molecule has 0 aliphatic heterocycles. The van der Waals surface area contributed by atoms with Gasteiger partial charge in [-0.1, -0.05) is 0 Å². The number of hydrogen-bond acceptors (Lipinski definition) is 4. The Labute approximate surface area is 69.9 Å². The Morgan fingerprint density at radius 2 is 1.09 bits per heavy atom. The fourth-order valence-electron chi connectivity index (χ4n) is 0. The zero-order chi connectivity index (χ0) is 9.91. The van der Waals surface area contributed by atoms with Gasteiger partial charge < -0.3 is 11.5 Å². The summed E-state index contributed by atoms with van der Waals surface area (Å²) in [6.45, 7) is 6.03. The average molecular weight is 340 g/mol. The van der Waals surface area contributed by atoms with Crippen LogP contribution in [0.1, 0.15) is 13.8 Å². The summed E-state index contributed by atoms with van der Waals surface area (Å²) in [5.41, 5.74) is 6.97. The molecule has 0 aliphatic rings. The van der Waals surface area contributed by atoms with Crippen LogP contribution in [-0.4, -0.2) is 13.1 Å². The first-order valence-electron chi connectivity index (χ1n) is 3.08. The Morgan fingerprint density at radius 3 is 1.09 bits per heavy atom. The molecule has 0 aromatic carbocycles. The van der Waals surface area contributed by atoms with Gasteiger partial charge in [0.15, 0.2) is 0 Å². The van der Waals surface area contributed by atoms with Crippen LogP contribution >= 0.6 is 0 Å². The first kappa shape index (κ1) is 17.3. The molecule has 0 saturated heterocycles. The fourth-order valence-corrected chi connectivity index (χ4v) is 0. The minimum absolute atomic E-state index is 1.00. The van der Waals surface area contributed by atoms with Crippen LogP contribution < -0.4 is 19.0 Å². The molecular formula is C4H16N2O4W. The Balaban J connectivity index is -0.0000000933. The molecule has 0 atom stereocenters. The topological polar surface area (TPSA) is 136 Å². The molecule has 0 aliphatic carbocycles. The molecule has 0 fully saturated rings. The molecule has 0 rings (SSSR count). The van der Waals surface area contributed by atoms with Crippen LogP contribution in [0.4, 0.5) is 0 Å². The molecule has 0 heterocycles. The van der Waals surface area contributed by atoms with Gasteiger partial charge in [0.25, 0.3) is 0 Å². The molecule has 0 saturated carbocycles. The van der Waals surface area contributed by atoms with E-state index in [-0.39, 0.29) is 0 Å². The van der Waals surface area contributed by atoms with E-state index >= 15 is 0 Å². The molecular weight excluding hydrogens is 324 g/mol. The predicted molar refractivity (Wildman–Crippen MR) is 28.2 cm³/mol. The second-order valence-electron chi connectivity index (χ2n) is 1.41. The Kier molecular flexibility index (Phi) is 20.1. The van der Waals surface area contributed by atoms with Gasteiger partial charge >= 0.3 is 31.1 Å². The molecule has 0 amide bonds. The van der Waals surface area contributed by atoms with Crippen LogP contribution in [0.3, 0.4) is 0 Å². The molecule has 0 unspecified atom stereocenters. The van der Waals surface area contributed by atoms with E-state index in [1.165, 1.54) is 0 Å². The van der Waals surface area contributed by atoms with E-state index in [9.17, 15) is 0 Å². The van der Waals surface area contributed by atoms with Gasteiger partial charge in [-0.3, -0.25) is 0 Å². The molecule has 0 bridgehead atoms. The Bertz CT molecular complexity index is 123. The van der Waals surface area contributed by atoms with Crippen molar-refractivity contribution in [3.05, 3.63) is 0 Å². The molecule has 6 N–H and O–H groups in total. The van der Waals surface area contributed by atoms with Gasteiger partial charge in [0.1, 0.15) is 0 Å². The SMILES string of the molecule is CC[NH3+].CC[NH3+].[O]=[W](=[O])([O-])[O-]. The first-order valence-corrected chi connectivity index (χ1v) is 7.87. The van der Waals surface area contributed by atoms with Crippen LogP contribution in [0.2, 0.25) is 0 Å². The van der Waals surface area contributed by atoms with Gasteiger partial charge in [-0.25, -0.2) is 0 Å². The van der Waals surface area contributed by atoms with Gasteiger partial charge in [0, 0.05) is 0 Å². The third-order valence-corrected chi connectivity index (χ3v) is 0. The quantitative estimate of drug-likeness (QED) is 0.463. The van der Waals surface area contributed by atoms with E-state index in [1.54, 1.807) is 0 Å². The summed E-state index contributed by atoms with van der Waals surface area (Å²) in [5.74, 6) is 0. The molecule has 11 heavy (non-hydrogen) atoms. The van der Waals surface area contributed by atoms with Crippen molar-refractivity contribution in [2.24, 2.45) is 0 Å². The molecule has 7 heteroatoms. The van der Waals surface area contributed by atoms with Crippen LogP contribution in [0.25, 0.3) is 0 Å². The molecule has 0 radical (unpaired) electrons. The second-order valence-corrected chi connectivity index (χ2v) is 4.34. The van der Waals surface area contributed by atoms with Gasteiger partial charge in [0.2, 0.25) is 0 Å². The fraction of sp³-hybridized carbons (Fsp3) is 1.00. The summed E-state index contributed by atoms with van der Waals surface area (Å²) in [4.78, 5) is 0. The summed E-state index contributed by atoms with van der Waals surface area (Å²) in [6.07, 6.45) is 0. The van der Waals surface area contributed by atoms with Crippen LogP contribution in [0.15, 0.2) is 0 Å². The normalized spacial score (nSPS) is 8.55. The van der Waals surface area contributed by atoms with E-state index in [0.29, 0.717) is 0 Å². The third-order valence-electron chi connectivity index (χ3n) is 0.